The summed E-state index contributed by atoms with van der Waals surface area (Å²) in [6.07, 6.45) is 1.49. The zero-order valence-corrected chi connectivity index (χ0v) is 11.8. The molecule has 0 spiro atoms. The van der Waals surface area contributed by atoms with Gasteiger partial charge in [0.05, 0.1) is 7.11 Å². The SMILES string of the molecule is COc1cc(Br)cc(NC(=O)c2cc(N)ccn2)c1. The highest BCUT2D eigenvalue weighted by Gasteiger charge is 2.09. The maximum Gasteiger partial charge on any atom is 0.274 e. The minimum absolute atomic E-state index is 0.263. The Bertz CT molecular complexity index is 617. The average molecular weight is 322 g/mol. The fraction of sp³-hybridized carbons (Fsp3) is 0.0769. The average Bonchev–Trinajstić information content (AvgIpc) is 2.38. The summed E-state index contributed by atoms with van der Waals surface area (Å²) in [7, 11) is 1.56. The van der Waals surface area contributed by atoms with Gasteiger partial charge in [0.15, 0.2) is 0 Å². The number of carbonyl (C=O) groups excluding carboxylic acids is 1. The second-order valence-electron chi connectivity index (χ2n) is 3.81. The van der Waals surface area contributed by atoms with E-state index in [4.69, 9.17) is 10.5 Å². The van der Waals surface area contributed by atoms with Crippen LogP contribution in [0.5, 0.6) is 5.75 Å². The summed E-state index contributed by atoms with van der Waals surface area (Å²) in [6, 6.07) is 8.43. The van der Waals surface area contributed by atoms with Gasteiger partial charge in [0.1, 0.15) is 11.4 Å². The van der Waals surface area contributed by atoms with E-state index >= 15 is 0 Å². The summed E-state index contributed by atoms with van der Waals surface area (Å²) in [4.78, 5) is 16.0. The molecule has 0 bridgehead atoms. The molecule has 1 aromatic heterocycles. The summed E-state index contributed by atoms with van der Waals surface area (Å²) in [5, 5.41) is 2.73. The maximum absolute atomic E-state index is 12.0. The Morgan fingerprint density at radius 1 is 1.37 bits per heavy atom. The number of anilines is 2. The van der Waals surface area contributed by atoms with Gasteiger partial charge in [0.25, 0.3) is 5.91 Å². The first-order chi connectivity index (χ1) is 9.08. The van der Waals surface area contributed by atoms with Gasteiger partial charge in [0.2, 0.25) is 0 Å². The van der Waals surface area contributed by atoms with Crippen molar-refractivity contribution in [3.8, 4) is 5.75 Å². The Kier molecular flexibility index (Phi) is 4.01. The van der Waals surface area contributed by atoms with Crippen LogP contribution in [0.2, 0.25) is 0 Å². The van der Waals surface area contributed by atoms with Crippen molar-refractivity contribution in [2.45, 2.75) is 0 Å². The molecule has 19 heavy (non-hydrogen) atoms. The lowest BCUT2D eigenvalue weighted by Gasteiger charge is -2.08. The zero-order chi connectivity index (χ0) is 13.8. The summed E-state index contributed by atoms with van der Waals surface area (Å²) in [5.41, 5.74) is 6.98. The van der Waals surface area contributed by atoms with Crippen LogP contribution in [0.1, 0.15) is 10.5 Å². The Morgan fingerprint density at radius 3 is 2.84 bits per heavy atom. The molecular weight excluding hydrogens is 310 g/mol. The predicted molar refractivity (Wildman–Crippen MR) is 77.3 cm³/mol. The van der Waals surface area contributed by atoms with E-state index in [0.29, 0.717) is 17.1 Å². The highest BCUT2D eigenvalue weighted by molar-refractivity contribution is 9.10. The van der Waals surface area contributed by atoms with Gasteiger partial charge in [-0.05, 0) is 24.3 Å². The van der Waals surface area contributed by atoms with Crippen molar-refractivity contribution in [1.29, 1.82) is 0 Å². The Morgan fingerprint density at radius 2 is 2.16 bits per heavy atom. The monoisotopic (exact) mass is 321 g/mol. The lowest BCUT2D eigenvalue weighted by Crippen LogP contribution is -2.14. The van der Waals surface area contributed by atoms with Gasteiger partial charge in [-0.25, -0.2) is 0 Å². The number of hydrogen-bond acceptors (Lipinski definition) is 4. The topological polar surface area (TPSA) is 77.2 Å². The molecule has 0 aliphatic heterocycles. The van der Waals surface area contributed by atoms with Gasteiger partial charge in [0, 0.05) is 28.1 Å². The first-order valence-corrected chi connectivity index (χ1v) is 6.25. The van der Waals surface area contributed by atoms with Crippen LogP contribution in [0.15, 0.2) is 41.0 Å². The molecule has 0 atom stereocenters. The molecule has 5 nitrogen and oxygen atoms in total. The number of benzene rings is 1. The summed E-state index contributed by atoms with van der Waals surface area (Å²) in [6.45, 7) is 0. The van der Waals surface area contributed by atoms with Gasteiger partial charge in [-0.3, -0.25) is 9.78 Å². The zero-order valence-electron chi connectivity index (χ0n) is 10.2. The molecule has 0 aliphatic rings. The van der Waals surface area contributed by atoms with Gasteiger partial charge >= 0.3 is 0 Å². The molecular formula is C13H12BrN3O2. The van der Waals surface area contributed by atoms with Crippen molar-refractivity contribution >= 4 is 33.2 Å². The van der Waals surface area contributed by atoms with Gasteiger partial charge in [-0.15, -0.1) is 0 Å². The quantitative estimate of drug-likeness (QED) is 0.911. The van der Waals surface area contributed by atoms with Crippen LogP contribution in [0.25, 0.3) is 0 Å². The first kappa shape index (κ1) is 13.4. The predicted octanol–water partition coefficient (Wildman–Crippen LogP) is 2.69. The molecule has 3 N–H and O–H groups in total. The molecule has 0 aliphatic carbocycles. The van der Waals surface area contributed by atoms with Crippen LogP contribution in [0.3, 0.4) is 0 Å². The van der Waals surface area contributed by atoms with Crippen LogP contribution in [-0.2, 0) is 0 Å². The van der Waals surface area contributed by atoms with E-state index in [9.17, 15) is 4.79 Å². The number of carbonyl (C=O) groups is 1. The summed E-state index contributed by atoms with van der Waals surface area (Å²) >= 11 is 3.34. The Balaban J connectivity index is 2.21. The molecule has 1 heterocycles. The molecule has 0 saturated carbocycles. The number of aromatic nitrogens is 1. The van der Waals surface area contributed by atoms with E-state index in [-0.39, 0.29) is 11.6 Å². The first-order valence-electron chi connectivity index (χ1n) is 5.46. The Labute approximate surface area is 118 Å². The molecule has 1 aromatic carbocycles. The van der Waals surface area contributed by atoms with Crippen molar-refractivity contribution in [3.05, 3.63) is 46.7 Å². The second-order valence-corrected chi connectivity index (χ2v) is 4.72. The molecule has 0 unspecified atom stereocenters. The number of nitrogens with zero attached hydrogens (tertiary/aromatic N) is 1. The molecule has 2 rings (SSSR count). The molecule has 0 fully saturated rings. The lowest BCUT2D eigenvalue weighted by molar-refractivity contribution is 0.102. The van der Waals surface area contributed by atoms with Crippen molar-refractivity contribution in [2.24, 2.45) is 0 Å². The largest absolute Gasteiger partial charge is 0.497 e. The molecule has 6 heteroatoms. The van der Waals surface area contributed by atoms with E-state index < -0.39 is 0 Å². The van der Waals surface area contributed by atoms with E-state index in [2.05, 4.69) is 26.2 Å². The van der Waals surface area contributed by atoms with Crippen molar-refractivity contribution in [2.75, 3.05) is 18.2 Å². The third-order valence-corrected chi connectivity index (χ3v) is 2.84. The summed E-state index contributed by atoms with van der Waals surface area (Å²) in [5.74, 6) is 0.317. The van der Waals surface area contributed by atoms with E-state index in [1.807, 2.05) is 0 Å². The standard InChI is InChI=1S/C13H12BrN3O2/c1-19-11-5-8(14)4-10(7-11)17-13(18)12-6-9(15)2-3-16-12/h2-7H,1H3,(H2,15,16)(H,17,18). The maximum atomic E-state index is 12.0. The number of amides is 1. The lowest BCUT2D eigenvalue weighted by atomic mass is 10.2. The van der Waals surface area contributed by atoms with Crippen molar-refractivity contribution < 1.29 is 9.53 Å². The van der Waals surface area contributed by atoms with Crippen LogP contribution in [0.4, 0.5) is 11.4 Å². The number of nitrogen functional groups attached to an aromatic ring is 1. The van der Waals surface area contributed by atoms with Crippen molar-refractivity contribution in [1.82, 2.24) is 4.98 Å². The fourth-order valence-corrected chi connectivity index (χ4v) is 1.99. The number of halogens is 1. The van der Waals surface area contributed by atoms with E-state index in [1.165, 1.54) is 12.3 Å². The molecule has 0 saturated heterocycles. The number of hydrogen-bond donors (Lipinski definition) is 2. The van der Waals surface area contributed by atoms with Gasteiger partial charge < -0.3 is 15.8 Å². The van der Waals surface area contributed by atoms with Crippen molar-refractivity contribution in [3.63, 3.8) is 0 Å². The number of nitrogens with one attached hydrogen (secondary N) is 1. The summed E-state index contributed by atoms with van der Waals surface area (Å²) < 4.78 is 5.93. The van der Waals surface area contributed by atoms with Gasteiger partial charge in [-0.2, -0.15) is 0 Å². The highest BCUT2D eigenvalue weighted by Crippen LogP contribution is 2.24. The molecule has 98 valence electrons. The minimum Gasteiger partial charge on any atom is -0.497 e. The molecule has 2 aromatic rings. The second kappa shape index (κ2) is 5.71. The van der Waals surface area contributed by atoms with Gasteiger partial charge in [-0.1, -0.05) is 15.9 Å². The number of rotatable bonds is 3. The van der Waals surface area contributed by atoms with Crippen LogP contribution in [0, 0.1) is 0 Å². The Hall–Kier alpha value is -2.08. The van der Waals surface area contributed by atoms with Crippen LogP contribution < -0.4 is 15.8 Å². The number of ether oxygens (including phenoxy) is 1. The number of nitrogens with two attached hydrogens (primary N) is 1. The molecule has 1 amide bonds. The van der Waals surface area contributed by atoms with Crippen LogP contribution in [-0.4, -0.2) is 18.0 Å². The number of methoxy groups -OCH3 is 1. The number of pyridine rings is 1. The minimum atomic E-state index is -0.326. The van der Waals surface area contributed by atoms with E-state index in [0.717, 1.165) is 4.47 Å². The smallest absolute Gasteiger partial charge is 0.274 e. The van der Waals surface area contributed by atoms with E-state index in [1.54, 1.807) is 31.4 Å². The van der Waals surface area contributed by atoms with Crippen LogP contribution >= 0.6 is 15.9 Å². The fourth-order valence-electron chi connectivity index (χ4n) is 1.52. The third-order valence-electron chi connectivity index (χ3n) is 2.38. The molecule has 0 radical (unpaired) electrons. The normalized spacial score (nSPS) is 10.0. The highest BCUT2D eigenvalue weighted by atomic mass is 79.9. The third kappa shape index (κ3) is 3.45.